The largest absolute Gasteiger partial charge is 0.361 e. The molecule has 3 aromatic rings. The fourth-order valence-corrected chi connectivity index (χ4v) is 3.12. The summed E-state index contributed by atoms with van der Waals surface area (Å²) in [7, 11) is 0. The molecule has 1 amide bonds. The maximum absolute atomic E-state index is 12.9. The Morgan fingerprint density at radius 2 is 1.80 bits per heavy atom. The third kappa shape index (κ3) is 2.85. The zero-order chi connectivity index (χ0) is 17.4. The quantitative estimate of drug-likeness (QED) is 0.737. The average Bonchev–Trinajstić information content (AvgIpc) is 2.90. The van der Waals surface area contributed by atoms with Crippen LogP contribution in [0.1, 0.15) is 27.7 Å². The molecule has 0 spiro atoms. The number of hydrogen-bond donors (Lipinski definition) is 1. The number of benzene rings is 2. The van der Waals surface area contributed by atoms with Gasteiger partial charge in [0.1, 0.15) is 12.0 Å². The van der Waals surface area contributed by atoms with E-state index in [0.717, 1.165) is 11.3 Å². The van der Waals surface area contributed by atoms with Gasteiger partial charge in [-0.05, 0) is 37.3 Å². The summed E-state index contributed by atoms with van der Waals surface area (Å²) in [6, 6.07) is 19.2. The maximum Gasteiger partial charge on any atom is 0.261 e. The van der Waals surface area contributed by atoms with Crippen molar-refractivity contribution in [3.05, 3.63) is 88.6 Å². The molecule has 0 bridgehead atoms. The summed E-state index contributed by atoms with van der Waals surface area (Å²) in [5, 5.41) is 3.99. The van der Waals surface area contributed by atoms with Crippen LogP contribution in [0.15, 0.2) is 66.9 Å². The zero-order valence-corrected chi connectivity index (χ0v) is 14.4. The molecule has 1 atom stereocenters. The summed E-state index contributed by atoms with van der Waals surface area (Å²) in [5.74, 6) is 0.491. The number of pyridine rings is 1. The third-order valence-electron chi connectivity index (χ3n) is 4.28. The first-order valence-electron chi connectivity index (χ1n) is 8.01. The molecule has 1 aromatic heterocycles. The van der Waals surface area contributed by atoms with Crippen LogP contribution in [0, 0.1) is 6.92 Å². The van der Waals surface area contributed by atoms with Gasteiger partial charge < -0.3 is 5.32 Å². The van der Waals surface area contributed by atoms with E-state index < -0.39 is 0 Å². The van der Waals surface area contributed by atoms with E-state index in [1.165, 1.54) is 5.56 Å². The van der Waals surface area contributed by atoms with Gasteiger partial charge in [0.15, 0.2) is 0 Å². The van der Waals surface area contributed by atoms with Crippen molar-refractivity contribution in [1.82, 2.24) is 4.98 Å². The van der Waals surface area contributed by atoms with Gasteiger partial charge in [0.05, 0.1) is 5.02 Å². The highest BCUT2D eigenvalue weighted by molar-refractivity contribution is 6.30. The number of hydrogen-bond acceptors (Lipinski definition) is 3. The Morgan fingerprint density at radius 1 is 1.04 bits per heavy atom. The number of halogens is 1. The molecule has 1 aliphatic rings. The molecule has 4 rings (SSSR count). The van der Waals surface area contributed by atoms with Crippen molar-refractivity contribution in [2.45, 2.75) is 13.1 Å². The molecule has 0 radical (unpaired) electrons. The predicted molar refractivity (Wildman–Crippen MR) is 100 cm³/mol. The molecule has 1 N–H and O–H groups in total. The van der Waals surface area contributed by atoms with Crippen LogP contribution >= 0.6 is 11.6 Å². The fraction of sp³-hybridized carbons (Fsp3) is 0.100. The van der Waals surface area contributed by atoms with E-state index in [1.807, 2.05) is 55.5 Å². The third-order valence-corrected chi connectivity index (χ3v) is 4.50. The van der Waals surface area contributed by atoms with Crippen LogP contribution in [0.25, 0.3) is 0 Å². The zero-order valence-electron chi connectivity index (χ0n) is 13.6. The molecule has 1 aliphatic heterocycles. The Hall–Kier alpha value is -2.85. The standard InChI is InChI=1S/C20H16ClN3O/c1-13-6-9-15(10-7-13)23-19-16-4-2-3-5-17(16)20(25)24(19)18-11-8-14(21)12-22-18/h2-12,19,23H,1H3/t19-/m0/s1. The molecule has 0 aliphatic carbocycles. The molecule has 2 aromatic carbocycles. The van der Waals surface area contributed by atoms with Crippen molar-refractivity contribution in [1.29, 1.82) is 0 Å². The van der Waals surface area contributed by atoms with Crippen molar-refractivity contribution < 1.29 is 4.79 Å². The highest BCUT2D eigenvalue weighted by Crippen LogP contribution is 2.37. The van der Waals surface area contributed by atoms with Gasteiger partial charge in [-0.25, -0.2) is 4.98 Å². The normalized spacial score (nSPS) is 16.0. The van der Waals surface area contributed by atoms with Crippen LogP contribution in [0.5, 0.6) is 0 Å². The molecule has 4 nitrogen and oxygen atoms in total. The smallest absolute Gasteiger partial charge is 0.261 e. The van der Waals surface area contributed by atoms with E-state index in [0.29, 0.717) is 16.4 Å². The Bertz CT molecular complexity index is 922. The SMILES string of the molecule is Cc1ccc(N[C@@H]2c3ccccc3C(=O)N2c2ccc(Cl)cn2)cc1. The van der Waals surface area contributed by atoms with Crippen LogP contribution in [-0.2, 0) is 0 Å². The first-order valence-corrected chi connectivity index (χ1v) is 8.38. The van der Waals surface area contributed by atoms with E-state index in [9.17, 15) is 4.79 Å². The minimum absolute atomic E-state index is 0.0740. The molecule has 0 fully saturated rings. The van der Waals surface area contributed by atoms with Gasteiger partial charge in [0.25, 0.3) is 5.91 Å². The second-order valence-corrected chi connectivity index (χ2v) is 6.45. The Kier molecular flexibility index (Phi) is 3.90. The average molecular weight is 350 g/mol. The van der Waals surface area contributed by atoms with E-state index in [4.69, 9.17) is 11.6 Å². The number of aromatic nitrogens is 1. The van der Waals surface area contributed by atoms with Gasteiger partial charge in [-0.1, -0.05) is 47.5 Å². The molecule has 0 saturated carbocycles. The Morgan fingerprint density at radius 3 is 2.52 bits per heavy atom. The second kappa shape index (κ2) is 6.22. The molecule has 5 heteroatoms. The second-order valence-electron chi connectivity index (χ2n) is 6.01. The Labute approximate surface area is 151 Å². The number of carbonyl (C=O) groups is 1. The van der Waals surface area contributed by atoms with Crippen LogP contribution in [0.4, 0.5) is 11.5 Å². The highest BCUT2D eigenvalue weighted by Gasteiger charge is 2.38. The number of nitrogens with one attached hydrogen (secondary N) is 1. The van der Waals surface area contributed by atoms with Gasteiger partial charge >= 0.3 is 0 Å². The fourth-order valence-electron chi connectivity index (χ4n) is 3.01. The lowest BCUT2D eigenvalue weighted by molar-refractivity contribution is 0.0992. The molecular weight excluding hydrogens is 334 g/mol. The summed E-state index contributed by atoms with van der Waals surface area (Å²) in [4.78, 5) is 19.0. The van der Waals surface area contributed by atoms with Crippen LogP contribution in [0.3, 0.4) is 0 Å². The number of amides is 1. The van der Waals surface area contributed by atoms with Crippen LogP contribution < -0.4 is 10.2 Å². The van der Waals surface area contributed by atoms with Crippen molar-refractivity contribution in [3.63, 3.8) is 0 Å². The topological polar surface area (TPSA) is 45.2 Å². The lowest BCUT2D eigenvalue weighted by atomic mass is 10.1. The monoisotopic (exact) mass is 349 g/mol. The lowest BCUT2D eigenvalue weighted by Gasteiger charge is -2.26. The molecule has 25 heavy (non-hydrogen) atoms. The summed E-state index contributed by atoms with van der Waals surface area (Å²) in [6.45, 7) is 2.04. The minimum Gasteiger partial charge on any atom is -0.361 e. The summed E-state index contributed by atoms with van der Waals surface area (Å²) in [5.41, 5.74) is 3.75. The molecule has 124 valence electrons. The summed E-state index contributed by atoms with van der Waals surface area (Å²) >= 11 is 5.94. The van der Waals surface area contributed by atoms with Crippen molar-refractivity contribution in [3.8, 4) is 0 Å². The number of aryl methyl sites for hydroxylation is 1. The van der Waals surface area contributed by atoms with E-state index in [2.05, 4.69) is 10.3 Å². The number of carbonyl (C=O) groups excluding carboxylic acids is 1. The van der Waals surface area contributed by atoms with Crippen LogP contribution in [0.2, 0.25) is 5.02 Å². The van der Waals surface area contributed by atoms with Gasteiger partial charge in [-0.3, -0.25) is 9.69 Å². The summed E-state index contributed by atoms with van der Waals surface area (Å²) in [6.07, 6.45) is 1.23. The number of fused-ring (bicyclic) bond motifs is 1. The van der Waals surface area contributed by atoms with Crippen molar-refractivity contribution in [2.24, 2.45) is 0 Å². The first kappa shape index (κ1) is 15.7. The van der Waals surface area contributed by atoms with E-state index in [1.54, 1.807) is 23.2 Å². The molecule has 0 saturated heterocycles. The number of rotatable bonds is 3. The molecule has 2 heterocycles. The highest BCUT2D eigenvalue weighted by atomic mass is 35.5. The lowest BCUT2D eigenvalue weighted by Crippen LogP contribution is -2.32. The summed E-state index contributed by atoms with van der Waals surface area (Å²) < 4.78 is 0. The van der Waals surface area contributed by atoms with Gasteiger partial charge in [0, 0.05) is 23.0 Å². The van der Waals surface area contributed by atoms with Crippen molar-refractivity contribution in [2.75, 3.05) is 10.2 Å². The van der Waals surface area contributed by atoms with Crippen LogP contribution in [-0.4, -0.2) is 10.9 Å². The minimum atomic E-state index is -0.319. The van der Waals surface area contributed by atoms with Gasteiger partial charge in [-0.2, -0.15) is 0 Å². The first-order chi connectivity index (χ1) is 12.1. The number of anilines is 2. The Balaban J connectivity index is 1.77. The predicted octanol–water partition coefficient (Wildman–Crippen LogP) is 4.81. The van der Waals surface area contributed by atoms with Crippen molar-refractivity contribution >= 4 is 29.0 Å². The van der Waals surface area contributed by atoms with Gasteiger partial charge in [0.2, 0.25) is 0 Å². The molecule has 0 unspecified atom stereocenters. The van der Waals surface area contributed by atoms with Gasteiger partial charge in [-0.15, -0.1) is 0 Å². The van der Waals surface area contributed by atoms with E-state index >= 15 is 0 Å². The maximum atomic E-state index is 12.9. The molecular formula is C20H16ClN3O. The number of nitrogens with zero attached hydrogens (tertiary/aromatic N) is 2. The van der Waals surface area contributed by atoms with E-state index in [-0.39, 0.29) is 12.1 Å².